The molecule has 0 saturated carbocycles. The summed E-state index contributed by atoms with van der Waals surface area (Å²) >= 11 is 0. The summed E-state index contributed by atoms with van der Waals surface area (Å²) < 4.78 is 22.8. The summed E-state index contributed by atoms with van der Waals surface area (Å²) in [4.78, 5) is 22.2. The van der Waals surface area contributed by atoms with Crippen LogP contribution in [0.2, 0.25) is 0 Å². The molecule has 0 aliphatic carbocycles. The second-order valence-corrected chi connectivity index (χ2v) is 6.78. The van der Waals surface area contributed by atoms with E-state index >= 15 is 0 Å². The van der Waals surface area contributed by atoms with Gasteiger partial charge in [-0.15, -0.1) is 0 Å². The highest BCUT2D eigenvalue weighted by atomic mass is 32.2. The maximum atomic E-state index is 12.6. The smallest absolute Gasteiger partial charge is 0.259 e. The minimum atomic E-state index is -3.38. The lowest BCUT2D eigenvalue weighted by molar-refractivity contribution is 0.0987. The van der Waals surface area contributed by atoms with Gasteiger partial charge in [-0.3, -0.25) is 9.78 Å². The molecule has 0 atom stereocenters. The summed E-state index contributed by atoms with van der Waals surface area (Å²) in [5.74, 6) is -0.244. The van der Waals surface area contributed by atoms with Crippen molar-refractivity contribution in [1.82, 2.24) is 9.97 Å². The highest BCUT2D eigenvalue weighted by molar-refractivity contribution is 7.90. The van der Waals surface area contributed by atoms with Crippen molar-refractivity contribution >= 4 is 21.4 Å². The van der Waals surface area contributed by atoms with Crippen LogP contribution in [0.1, 0.15) is 23.0 Å². The van der Waals surface area contributed by atoms with Crippen LogP contribution >= 0.6 is 0 Å². The quantitative estimate of drug-likeness (QED) is 0.859. The molecule has 22 heavy (non-hydrogen) atoms. The molecule has 0 spiro atoms. The Hall–Kier alpha value is -2.28. The van der Waals surface area contributed by atoms with Crippen molar-refractivity contribution in [2.24, 2.45) is 0 Å². The molecule has 2 heterocycles. The summed E-state index contributed by atoms with van der Waals surface area (Å²) in [6.45, 7) is 4.16. The van der Waals surface area contributed by atoms with Crippen LogP contribution in [-0.4, -0.2) is 37.1 Å². The van der Waals surface area contributed by atoms with E-state index in [1.54, 1.807) is 17.2 Å². The lowest BCUT2D eigenvalue weighted by atomic mass is 10.2. The van der Waals surface area contributed by atoms with E-state index in [0.717, 1.165) is 17.6 Å². The SMILES string of the molecule is CCN(C(=O)c1ccc(S(C)(=O)=O)nc1)c1cccnc1C. The maximum Gasteiger partial charge on any atom is 0.259 e. The first-order valence-electron chi connectivity index (χ1n) is 6.74. The molecule has 116 valence electrons. The van der Waals surface area contributed by atoms with Gasteiger partial charge < -0.3 is 4.90 Å². The third-order valence-corrected chi connectivity index (χ3v) is 4.20. The van der Waals surface area contributed by atoms with E-state index in [1.807, 2.05) is 19.9 Å². The first-order chi connectivity index (χ1) is 10.3. The van der Waals surface area contributed by atoms with Gasteiger partial charge in [0.05, 0.1) is 16.9 Å². The molecule has 0 aliphatic heterocycles. The van der Waals surface area contributed by atoms with Crippen LogP contribution in [0.5, 0.6) is 0 Å². The van der Waals surface area contributed by atoms with Crippen molar-refractivity contribution in [3.8, 4) is 0 Å². The lowest BCUT2D eigenvalue weighted by Crippen LogP contribution is -2.31. The van der Waals surface area contributed by atoms with Crippen molar-refractivity contribution in [2.75, 3.05) is 17.7 Å². The molecule has 0 aliphatic rings. The standard InChI is InChI=1S/C15H17N3O3S/c1-4-18(13-6-5-9-16-11(13)2)15(19)12-7-8-14(17-10-12)22(3,20)21/h5-10H,4H2,1-3H3. The number of aryl methyl sites for hydroxylation is 1. The number of carbonyl (C=O) groups excluding carboxylic acids is 1. The molecule has 0 saturated heterocycles. The number of sulfone groups is 1. The van der Waals surface area contributed by atoms with Gasteiger partial charge in [0.25, 0.3) is 5.91 Å². The predicted octanol–water partition coefficient (Wildman–Crippen LogP) is 1.86. The Morgan fingerprint density at radius 1 is 1.23 bits per heavy atom. The van der Waals surface area contributed by atoms with E-state index in [1.165, 1.54) is 18.3 Å². The zero-order valence-corrected chi connectivity index (χ0v) is 13.5. The molecule has 0 fully saturated rings. The third kappa shape index (κ3) is 3.30. The fourth-order valence-corrected chi connectivity index (χ4v) is 2.63. The second-order valence-electron chi connectivity index (χ2n) is 4.81. The van der Waals surface area contributed by atoms with Crippen LogP contribution < -0.4 is 4.90 Å². The minimum Gasteiger partial charge on any atom is -0.307 e. The van der Waals surface area contributed by atoms with Gasteiger partial charge in [0.1, 0.15) is 0 Å². The van der Waals surface area contributed by atoms with Gasteiger partial charge in [-0.1, -0.05) is 0 Å². The fourth-order valence-electron chi connectivity index (χ4n) is 2.07. The van der Waals surface area contributed by atoms with E-state index in [-0.39, 0.29) is 10.9 Å². The van der Waals surface area contributed by atoms with E-state index in [9.17, 15) is 13.2 Å². The highest BCUT2D eigenvalue weighted by Crippen LogP contribution is 2.20. The van der Waals surface area contributed by atoms with Gasteiger partial charge >= 0.3 is 0 Å². The van der Waals surface area contributed by atoms with Crippen molar-refractivity contribution in [1.29, 1.82) is 0 Å². The third-order valence-electron chi connectivity index (χ3n) is 3.19. The average molecular weight is 319 g/mol. The minimum absolute atomic E-state index is 0.0512. The number of hydrogen-bond acceptors (Lipinski definition) is 5. The second kappa shape index (κ2) is 6.23. The molecular formula is C15H17N3O3S. The molecule has 2 aromatic rings. The molecule has 2 aromatic heterocycles. The van der Waals surface area contributed by atoms with E-state index in [2.05, 4.69) is 9.97 Å². The predicted molar refractivity (Wildman–Crippen MR) is 83.7 cm³/mol. The van der Waals surface area contributed by atoms with Crippen LogP contribution in [-0.2, 0) is 9.84 Å². The number of amides is 1. The first kappa shape index (κ1) is 16.1. The number of nitrogens with zero attached hydrogens (tertiary/aromatic N) is 3. The molecule has 6 nitrogen and oxygen atoms in total. The van der Waals surface area contributed by atoms with Crippen LogP contribution in [0.4, 0.5) is 5.69 Å². The number of anilines is 1. The van der Waals surface area contributed by atoms with Crippen LogP contribution in [0.25, 0.3) is 0 Å². The molecule has 0 unspecified atom stereocenters. The van der Waals surface area contributed by atoms with Crippen molar-refractivity contribution in [2.45, 2.75) is 18.9 Å². The summed E-state index contributed by atoms with van der Waals surface area (Å²) in [5, 5.41) is -0.0512. The number of pyridine rings is 2. The van der Waals surface area contributed by atoms with Gasteiger partial charge in [-0.05, 0) is 38.1 Å². The van der Waals surface area contributed by atoms with Gasteiger partial charge in [0.2, 0.25) is 0 Å². The van der Waals surface area contributed by atoms with Gasteiger partial charge in [-0.2, -0.15) is 0 Å². The molecule has 0 N–H and O–H groups in total. The molecule has 2 rings (SSSR count). The number of hydrogen-bond donors (Lipinski definition) is 0. The van der Waals surface area contributed by atoms with Gasteiger partial charge in [0.15, 0.2) is 14.9 Å². The van der Waals surface area contributed by atoms with Crippen molar-refractivity contribution < 1.29 is 13.2 Å². The van der Waals surface area contributed by atoms with Crippen LogP contribution in [0, 0.1) is 6.92 Å². The molecular weight excluding hydrogens is 302 g/mol. The largest absolute Gasteiger partial charge is 0.307 e. The average Bonchev–Trinajstić information content (AvgIpc) is 2.49. The monoisotopic (exact) mass is 319 g/mol. The Labute approximate surface area is 129 Å². The number of aromatic nitrogens is 2. The first-order valence-corrected chi connectivity index (χ1v) is 8.63. The number of rotatable bonds is 4. The van der Waals surface area contributed by atoms with Crippen LogP contribution in [0.3, 0.4) is 0 Å². The van der Waals surface area contributed by atoms with Crippen molar-refractivity contribution in [3.05, 3.63) is 47.9 Å². The molecule has 0 radical (unpaired) electrons. The highest BCUT2D eigenvalue weighted by Gasteiger charge is 2.19. The van der Waals surface area contributed by atoms with Crippen molar-refractivity contribution in [3.63, 3.8) is 0 Å². The maximum absolute atomic E-state index is 12.6. The topological polar surface area (TPSA) is 80.2 Å². The zero-order valence-electron chi connectivity index (χ0n) is 12.6. The van der Waals surface area contributed by atoms with Crippen LogP contribution in [0.15, 0.2) is 41.7 Å². The van der Waals surface area contributed by atoms with E-state index in [4.69, 9.17) is 0 Å². The van der Waals surface area contributed by atoms with E-state index in [0.29, 0.717) is 12.1 Å². The van der Waals surface area contributed by atoms with E-state index < -0.39 is 9.84 Å². The summed E-state index contributed by atoms with van der Waals surface area (Å²) in [7, 11) is -3.38. The fraction of sp³-hybridized carbons (Fsp3) is 0.267. The Morgan fingerprint density at radius 3 is 2.45 bits per heavy atom. The summed E-state index contributed by atoms with van der Waals surface area (Å²) in [5.41, 5.74) is 1.80. The molecule has 1 amide bonds. The van der Waals surface area contributed by atoms with Gasteiger partial charge in [-0.25, -0.2) is 13.4 Å². The summed E-state index contributed by atoms with van der Waals surface area (Å²) in [6, 6.07) is 6.40. The molecule has 0 bridgehead atoms. The molecule has 0 aromatic carbocycles. The Bertz CT molecular complexity index is 786. The summed E-state index contributed by atoms with van der Waals surface area (Å²) in [6.07, 6.45) is 4.03. The normalized spacial score (nSPS) is 11.2. The Balaban J connectivity index is 2.35. The Kier molecular flexibility index (Phi) is 4.56. The number of carbonyl (C=O) groups is 1. The lowest BCUT2D eigenvalue weighted by Gasteiger charge is -2.22. The Morgan fingerprint density at radius 2 is 1.95 bits per heavy atom. The zero-order chi connectivity index (χ0) is 16.3. The van der Waals surface area contributed by atoms with Gasteiger partial charge in [0, 0.05) is 25.2 Å². The molecule has 7 heteroatoms.